The smallest absolute Gasteiger partial charge is 0.216 e. The monoisotopic (exact) mass is 284 g/mol. The molecule has 5 nitrogen and oxygen atoms in total. The Morgan fingerprint density at radius 3 is 2.95 bits per heavy atom. The van der Waals surface area contributed by atoms with Crippen molar-refractivity contribution in [2.45, 2.75) is 13.0 Å². The predicted molar refractivity (Wildman–Crippen MR) is 78.7 cm³/mol. The molecule has 0 aliphatic heterocycles. The van der Waals surface area contributed by atoms with Crippen LogP contribution in [0.1, 0.15) is 18.8 Å². The Morgan fingerprint density at radius 1 is 1.30 bits per heavy atom. The van der Waals surface area contributed by atoms with E-state index in [9.17, 15) is 0 Å². The van der Waals surface area contributed by atoms with Crippen LogP contribution in [0.2, 0.25) is 0 Å². The second-order valence-electron chi connectivity index (χ2n) is 4.73. The van der Waals surface area contributed by atoms with Crippen molar-refractivity contribution in [1.29, 1.82) is 0 Å². The Balaban J connectivity index is 1.99. The van der Waals surface area contributed by atoms with Crippen LogP contribution in [0.15, 0.2) is 40.1 Å². The standard InChI is InChI=1S/C14H12N4OS/c1-8(15)13-16-17-14-18(13)10(7-20-14)12-6-9-4-2-3-5-11(9)19-12/h2-8H,15H2,1H3. The first kappa shape index (κ1) is 11.6. The lowest BCUT2D eigenvalue weighted by molar-refractivity contribution is 0.625. The topological polar surface area (TPSA) is 69.3 Å². The molecule has 6 heteroatoms. The van der Waals surface area contributed by atoms with Crippen molar-refractivity contribution >= 4 is 27.3 Å². The number of benzene rings is 1. The highest BCUT2D eigenvalue weighted by Crippen LogP contribution is 2.32. The van der Waals surface area contributed by atoms with Gasteiger partial charge in [-0.1, -0.05) is 18.2 Å². The minimum atomic E-state index is -0.178. The van der Waals surface area contributed by atoms with E-state index in [4.69, 9.17) is 10.2 Å². The largest absolute Gasteiger partial charge is 0.454 e. The lowest BCUT2D eigenvalue weighted by atomic mass is 10.2. The molecule has 1 atom stereocenters. The third kappa shape index (κ3) is 1.59. The van der Waals surface area contributed by atoms with Crippen LogP contribution in [0.4, 0.5) is 0 Å². The van der Waals surface area contributed by atoms with E-state index in [1.807, 2.05) is 47.0 Å². The molecule has 20 heavy (non-hydrogen) atoms. The summed E-state index contributed by atoms with van der Waals surface area (Å²) in [6.07, 6.45) is 0. The predicted octanol–water partition coefficient (Wildman–Crippen LogP) is 3.22. The van der Waals surface area contributed by atoms with E-state index >= 15 is 0 Å². The third-order valence-electron chi connectivity index (χ3n) is 3.26. The van der Waals surface area contributed by atoms with Crippen molar-refractivity contribution in [3.63, 3.8) is 0 Å². The molecule has 4 aromatic rings. The fourth-order valence-corrected chi connectivity index (χ4v) is 3.14. The van der Waals surface area contributed by atoms with Crippen LogP contribution >= 0.6 is 11.3 Å². The molecule has 100 valence electrons. The quantitative estimate of drug-likeness (QED) is 0.613. The summed E-state index contributed by atoms with van der Waals surface area (Å²) in [5.41, 5.74) is 7.77. The summed E-state index contributed by atoms with van der Waals surface area (Å²) in [5, 5.41) is 11.4. The molecule has 3 heterocycles. The lowest BCUT2D eigenvalue weighted by Gasteiger charge is -2.02. The maximum absolute atomic E-state index is 5.96. The molecular formula is C14H12N4OS. The molecule has 2 N–H and O–H groups in total. The lowest BCUT2D eigenvalue weighted by Crippen LogP contribution is -2.09. The molecule has 0 saturated carbocycles. The van der Waals surface area contributed by atoms with Gasteiger partial charge >= 0.3 is 0 Å². The molecule has 0 fully saturated rings. The van der Waals surface area contributed by atoms with Gasteiger partial charge in [0.2, 0.25) is 4.96 Å². The van der Waals surface area contributed by atoms with Crippen LogP contribution in [0, 0.1) is 0 Å². The number of rotatable bonds is 2. The van der Waals surface area contributed by atoms with Crippen LogP contribution in [0.25, 0.3) is 27.4 Å². The number of hydrogen-bond acceptors (Lipinski definition) is 5. The minimum Gasteiger partial charge on any atom is -0.454 e. The van der Waals surface area contributed by atoms with E-state index < -0.39 is 0 Å². The Hall–Kier alpha value is -2.18. The van der Waals surface area contributed by atoms with Gasteiger partial charge in [0, 0.05) is 10.8 Å². The zero-order chi connectivity index (χ0) is 13.7. The number of aromatic nitrogens is 3. The normalized spacial score (nSPS) is 13.3. The van der Waals surface area contributed by atoms with Crippen molar-refractivity contribution in [2.75, 3.05) is 0 Å². The summed E-state index contributed by atoms with van der Waals surface area (Å²) in [6.45, 7) is 1.90. The summed E-state index contributed by atoms with van der Waals surface area (Å²) in [7, 11) is 0. The second-order valence-corrected chi connectivity index (χ2v) is 5.57. The van der Waals surface area contributed by atoms with Crippen molar-refractivity contribution < 1.29 is 4.42 Å². The molecule has 4 rings (SSSR count). The van der Waals surface area contributed by atoms with Gasteiger partial charge in [0.15, 0.2) is 11.6 Å². The Kier molecular flexibility index (Phi) is 2.42. The molecule has 0 aliphatic rings. The molecular weight excluding hydrogens is 272 g/mol. The Bertz CT molecular complexity index is 869. The van der Waals surface area contributed by atoms with Gasteiger partial charge in [-0.05, 0) is 19.1 Å². The fraction of sp³-hybridized carbons (Fsp3) is 0.143. The van der Waals surface area contributed by atoms with E-state index in [0.29, 0.717) is 0 Å². The SMILES string of the molecule is CC(N)c1nnc2scc(-c3cc4ccccc4o3)n12. The minimum absolute atomic E-state index is 0.178. The van der Waals surface area contributed by atoms with E-state index in [1.165, 1.54) is 11.3 Å². The second kappa shape index (κ2) is 4.16. The number of fused-ring (bicyclic) bond motifs is 2. The highest BCUT2D eigenvalue weighted by molar-refractivity contribution is 7.15. The molecule has 1 unspecified atom stereocenters. The van der Waals surface area contributed by atoms with Crippen molar-refractivity contribution in [3.05, 3.63) is 41.5 Å². The summed E-state index contributed by atoms with van der Waals surface area (Å²) in [6, 6.07) is 9.80. The van der Waals surface area contributed by atoms with E-state index in [0.717, 1.165) is 33.2 Å². The van der Waals surface area contributed by atoms with Gasteiger partial charge in [-0.2, -0.15) is 0 Å². The van der Waals surface area contributed by atoms with Gasteiger partial charge in [-0.25, -0.2) is 0 Å². The zero-order valence-corrected chi connectivity index (χ0v) is 11.6. The number of nitrogens with two attached hydrogens (primary N) is 1. The van der Waals surface area contributed by atoms with Crippen LogP contribution < -0.4 is 5.73 Å². The van der Waals surface area contributed by atoms with Crippen molar-refractivity contribution in [3.8, 4) is 11.5 Å². The first-order chi connectivity index (χ1) is 9.74. The number of hydrogen-bond donors (Lipinski definition) is 1. The summed E-state index contributed by atoms with van der Waals surface area (Å²) >= 11 is 1.53. The van der Waals surface area contributed by atoms with E-state index in [1.54, 1.807) is 0 Å². The number of para-hydroxylation sites is 1. The van der Waals surface area contributed by atoms with Crippen molar-refractivity contribution in [1.82, 2.24) is 14.6 Å². The Labute approximate surface area is 118 Å². The number of nitrogens with zero attached hydrogens (tertiary/aromatic N) is 3. The molecule has 3 aromatic heterocycles. The van der Waals surface area contributed by atoms with E-state index in [2.05, 4.69) is 10.2 Å². The van der Waals surface area contributed by atoms with Gasteiger partial charge in [-0.15, -0.1) is 21.5 Å². The highest BCUT2D eigenvalue weighted by atomic mass is 32.1. The fourth-order valence-electron chi connectivity index (χ4n) is 2.32. The summed E-state index contributed by atoms with van der Waals surface area (Å²) in [4.78, 5) is 0.827. The van der Waals surface area contributed by atoms with Crippen LogP contribution in [0.3, 0.4) is 0 Å². The average molecular weight is 284 g/mol. The number of thiazole rings is 1. The molecule has 0 aliphatic carbocycles. The summed E-state index contributed by atoms with van der Waals surface area (Å²) in [5.74, 6) is 1.55. The van der Waals surface area contributed by atoms with Crippen LogP contribution in [-0.2, 0) is 0 Å². The van der Waals surface area contributed by atoms with Gasteiger partial charge in [0.25, 0.3) is 0 Å². The van der Waals surface area contributed by atoms with Crippen molar-refractivity contribution in [2.24, 2.45) is 5.73 Å². The van der Waals surface area contributed by atoms with Gasteiger partial charge in [0.1, 0.15) is 11.3 Å². The van der Waals surface area contributed by atoms with Crippen LogP contribution in [0.5, 0.6) is 0 Å². The van der Waals surface area contributed by atoms with Crippen LogP contribution in [-0.4, -0.2) is 14.6 Å². The Morgan fingerprint density at radius 2 is 2.15 bits per heavy atom. The zero-order valence-electron chi connectivity index (χ0n) is 10.8. The maximum Gasteiger partial charge on any atom is 0.216 e. The molecule has 0 saturated heterocycles. The molecule has 0 radical (unpaired) electrons. The maximum atomic E-state index is 5.96. The molecule has 0 spiro atoms. The highest BCUT2D eigenvalue weighted by Gasteiger charge is 2.18. The molecule has 1 aromatic carbocycles. The van der Waals surface area contributed by atoms with Gasteiger partial charge < -0.3 is 10.2 Å². The van der Waals surface area contributed by atoms with Gasteiger partial charge in [0.05, 0.1) is 6.04 Å². The van der Waals surface area contributed by atoms with Gasteiger partial charge in [-0.3, -0.25) is 4.40 Å². The first-order valence-corrected chi connectivity index (χ1v) is 7.19. The molecule has 0 bridgehead atoms. The average Bonchev–Trinajstić information content (AvgIpc) is 3.11. The first-order valence-electron chi connectivity index (χ1n) is 6.31. The molecule has 0 amide bonds. The van der Waals surface area contributed by atoms with E-state index in [-0.39, 0.29) is 6.04 Å². The number of furan rings is 1. The third-order valence-corrected chi connectivity index (χ3v) is 4.08. The summed E-state index contributed by atoms with van der Waals surface area (Å²) < 4.78 is 7.88.